The number of morpholine rings is 1. The third kappa shape index (κ3) is 5.95. The van der Waals surface area contributed by atoms with Crippen molar-refractivity contribution in [3.05, 3.63) is 58.6 Å². The van der Waals surface area contributed by atoms with Crippen LogP contribution in [-0.2, 0) is 19.6 Å². The van der Waals surface area contributed by atoms with Crippen LogP contribution in [0.15, 0.2) is 47.4 Å². The zero-order chi connectivity index (χ0) is 22.4. The first kappa shape index (κ1) is 23.0. The van der Waals surface area contributed by atoms with E-state index < -0.39 is 21.8 Å². The number of carbonyl (C=O) groups is 2. The van der Waals surface area contributed by atoms with E-state index in [0.717, 1.165) is 5.56 Å². The van der Waals surface area contributed by atoms with Gasteiger partial charge in [-0.05, 0) is 48.9 Å². The first-order chi connectivity index (χ1) is 14.8. The highest BCUT2D eigenvalue weighted by Gasteiger charge is 2.26. The number of nitrogens with one attached hydrogen (secondary N) is 2. The van der Waals surface area contributed by atoms with E-state index >= 15 is 0 Å². The number of hydrazine groups is 1. The fourth-order valence-corrected chi connectivity index (χ4v) is 4.40. The van der Waals surface area contributed by atoms with Crippen molar-refractivity contribution < 1.29 is 27.5 Å². The fourth-order valence-electron chi connectivity index (χ4n) is 2.82. The van der Waals surface area contributed by atoms with Crippen LogP contribution in [0.1, 0.15) is 15.9 Å². The minimum Gasteiger partial charge on any atom is -0.484 e. The number of aryl methyl sites for hydroxylation is 1. The van der Waals surface area contributed by atoms with Crippen molar-refractivity contribution in [2.45, 2.75) is 11.8 Å². The summed E-state index contributed by atoms with van der Waals surface area (Å²) in [6, 6.07) is 10.6. The Hall–Kier alpha value is -2.66. The molecule has 0 aromatic heterocycles. The molecule has 0 bridgehead atoms. The summed E-state index contributed by atoms with van der Waals surface area (Å²) in [6.07, 6.45) is 0. The molecule has 0 saturated carbocycles. The van der Waals surface area contributed by atoms with Gasteiger partial charge in [-0.3, -0.25) is 20.4 Å². The number of nitrogens with zero attached hydrogens (tertiary/aromatic N) is 1. The fraction of sp³-hybridized carbons (Fsp3) is 0.300. The lowest BCUT2D eigenvalue weighted by Gasteiger charge is -2.26. The number of carbonyl (C=O) groups excluding carboxylic acids is 2. The lowest BCUT2D eigenvalue weighted by molar-refractivity contribution is -0.123. The molecule has 1 aliphatic heterocycles. The molecule has 0 aliphatic carbocycles. The summed E-state index contributed by atoms with van der Waals surface area (Å²) in [5, 5.41) is 0.585. The van der Waals surface area contributed by atoms with E-state index in [9.17, 15) is 18.0 Å². The Labute approximate surface area is 185 Å². The van der Waals surface area contributed by atoms with Gasteiger partial charge in [0, 0.05) is 23.7 Å². The molecule has 1 heterocycles. The van der Waals surface area contributed by atoms with Crippen LogP contribution in [-0.4, -0.2) is 57.4 Å². The molecule has 2 aromatic carbocycles. The van der Waals surface area contributed by atoms with Gasteiger partial charge >= 0.3 is 0 Å². The number of ether oxygens (including phenoxy) is 2. The average molecular weight is 468 g/mol. The van der Waals surface area contributed by atoms with Crippen LogP contribution in [0.25, 0.3) is 0 Å². The van der Waals surface area contributed by atoms with E-state index in [1.807, 2.05) is 6.92 Å². The Morgan fingerprint density at radius 1 is 1.13 bits per heavy atom. The van der Waals surface area contributed by atoms with Crippen molar-refractivity contribution in [1.82, 2.24) is 15.2 Å². The summed E-state index contributed by atoms with van der Waals surface area (Å²) in [5.74, 6) is -0.780. The molecule has 3 rings (SSSR count). The van der Waals surface area contributed by atoms with Crippen molar-refractivity contribution in [3.63, 3.8) is 0 Å². The van der Waals surface area contributed by atoms with Crippen LogP contribution >= 0.6 is 11.6 Å². The minimum absolute atomic E-state index is 0.00480. The van der Waals surface area contributed by atoms with Crippen LogP contribution < -0.4 is 15.6 Å². The van der Waals surface area contributed by atoms with E-state index in [1.165, 1.54) is 28.6 Å². The highest BCUT2D eigenvalue weighted by atomic mass is 35.5. The Balaban J connectivity index is 1.56. The zero-order valence-electron chi connectivity index (χ0n) is 16.8. The quantitative estimate of drug-likeness (QED) is 0.622. The second kappa shape index (κ2) is 10.1. The van der Waals surface area contributed by atoms with Crippen molar-refractivity contribution in [3.8, 4) is 5.75 Å². The summed E-state index contributed by atoms with van der Waals surface area (Å²) in [6.45, 7) is 2.63. The van der Waals surface area contributed by atoms with Crippen molar-refractivity contribution in [1.29, 1.82) is 0 Å². The number of halogens is 1. The summed E-state index contributed by atoms with van der Waals surface area (Å²) in [5.41, 5.74) is 5.37. The van der Waals surface area contributed by atoms with Gasteiger partial charge in [0.15, 0.2) is 6.61 Å². The average Bonchev–Trinajstić information content (AvgIpc) is 2.79. The molecular weight excluding hydrogens is 446 g/mol. The van der Waals surface area contributed by atoms with Gasteiger partial charge in [-0.1, -0.05) is 17.7 Å². The van der Waals surface area contributed by atoms with E-state index in [2.05, 4.69) is 10.9 Å². The van der Waals surface area contributed by atoms with Crippen molar-refractivity contribution >= 4 is 33.4 Å². The van der Waals surface area contributed by atoms with Crippen LogP contribution in [0.3, 0.4) is 0 Å². The lowest BCUT2D eigenvalue weighted by atomic mass is 10.2. The normalized spacial score (nSPS) is 14.6. The van der Waals surface area contributed by atoms with Gasteiger partial charge in [0.2, 0.25) is 10.0 Å². The molecule has 0 unspecified atom stereocenters. The van der Waals surface area contributed by atoms with Crippen molar-refractivity contribution in [2.75, 3.05) is 32.9 Å². The first-order valence-corrected chi connectivity index (χ1v) is 11.3. The Morgan fingerprint density at radius 3 is 2.58 bits per heavy atom. The van der Waals surface area contributed by atoms with Gasteiger partial charge in [0.1, 0.15) is 5.75 Å². The van der Waals surface area contributed by atoms with E-state index in [-0.39, 0.29) is 30.2 Å². The Kier molecular flexibility index (Phi) is 7.50. The molecule has 31 heavy (non-hydrogen) atoms. The van der Waals surface area contributed by atoms with Crippen LogP contribution in [0, 0.1) is 6.92 Å². The Bertz CT molecular complexity index is 1070. The third-order valence-corrected chi connectivity index (χ3v) is 6.84. The van der Waals surface area contributed by atoms with Crippen LogP contribution in [0.5, 0.6) is 5.75 Å². The van der Waals surface area contributed by atoms with Gasteiger partial charge in [0.25, 0.3) is 11.8 Å². The monoisotopic (exact) mass is 467 g/mol. The molecule has 2 aromatic rings. The highest BCUT2D eigenvalue weighted by molar-refractivity contribution is 7.89. The second-order valence-corrected chi connectivity index (χ2v) is 9.09. The summed E-state index contributed by atoms with van der Waals surface area (Å²) < 4.78 is 37.3. The van der Waals surface area contributed by atoms with Crippen LogP contribution in [0.4, 0.5) is 0 Å². The maximum absolute atomic E-state index is 12.7. The SMILES string of the molecule is Cc1cc(OCC(=O)NNC(=O)c2cccc(S(=O)(=O)N3CCOCC3)c2)ccc1Cl. The van der Waals surface area contributed by atoms with Gasteiger partial charge in [-0.15, -0.1) is 0 Å². The number of amides is 2. The number of hydrogen-bond acceptors (Lipinski definition) is 6. The second-order valence-electron chi connectivity index (χ2n) is 6.75. The first-order valence-electron chi connectivity index (χ1n) is 9.43. The summed E-state index contributed by atoms with van der Waals surface area (Å²) >= 11 is 5.94. The number of rotatable bonds is 6. The molecule has 2 amide bonds. The van der Waals surface area contributed by atoms with Gasteiger partial charge in [-0.2, -0.15) is 4.31 Å². The zero-order valence-corrected chi connectivity index (χ0v) is 18.3. The smallest absolute Gasteiger partial charge is 0.276 e. The molecule has 166 valence electrons. The maximum Gasteiger partial charge on any atom is 0.276 e. The molecule has 1 fully saturated rings. The molecule has 1 aliphatic rings. The molecule has 11 heteroatoms. The van der Waals surface area contributed by atoms with E-state index in [0.29, 0.717) is 24.0 Å². The van der Waals surface area contributed by atoms with Gasteiger partial charge in [0.05, 0.1) is 18.1 Å². The Morgan fingerprint density at radius 2 is 1.87 bits per heavy atom. The standard InChI is InChI=1S/C20H22ClN3O6S/c1-14-11-16(5-6-18(14)21)30-13-19(25)22-23-20(26)15-3-2-4-17(12-15)31(27,28)24-7-9-29-10-8-24/h2-6,11-12H,7-10,13H2,1H3,(H,22,25)(H,23,26). The van der Waals surface area contributed by atoms with E-state index in [4.69, 9.17) is 21.1 Å². The van der Waals surface area contributed by atoms with Gasteiger partial charge < -0.3 is 9.47 Å². The third-order valence-electron chi connectivity index (χ3n) is 4.52. The summed E-state index contributed by atoms with van der Waals surface area (Å²) in [7, 11) is -3.74. The van der Waals surface area contributed by atoms with Crippen LogP contribution in [0.2, 0.25) is 5.02 Å². The number of hydrogen-bond donors (Lipinski definition) is 2. The highest BCUT2D eigenvalue weighted by Crippen LogP contribution is 2.21. The molecular formula is C20H22ClN3O6S. The van der Waals surface area contributed by atoms with E-state index in [1.54, 1.807) is 18.2 Å². The predicted octanol–water partition coefficient (Wildman–Crippen LogP) is 1.51. The number of benzene rings is 2. The molecule has 0 spiro atoms. The summed E-state index contributed by atoms with van der Waals surface area (Å²) in [4.78, 5) is 24.3. The maximum atomic E-state index is 12.7. The molecule has 9 nitrogen and oxygen atoms in total. The molecule has 2 N–H and O–H groups in total. The van der Waals surface area contributed by atoms with Crippen molar-refractivity contribution in [2.24, 2.45) is 0 Å². The molecule has 1 saturated heterocycles. The predicted molar refractivity (Wildman–Crippen MR) is 113 cm³/mol. The molecule has 0 radical (unpaired) electrons. The topological polar surface area (TPSA) is 114 Å². The lowest BCUT2D eigenvalue weighted by Crippen LogP contribution is -2.44. The molecule has 0 atom stereocenters. The van der Waals surface area contributed by atoms with Gasteiger partial charge in [-0.25, -0.2) is 8.42 Å². The minimum atomic E-state index is -3.74. The largest absolute Gasteiger partial charge is 0.484 e. The number of sulfonamides is 1.